The number of hydrogen-bond donors (Lipinski definition) is 3. The molecule has 1 saturated heterocycles. The standard InChI is InChI=1S/C12H17IN2O5/c1-2-3-6-4-15(12(19)14-10(6)18)11-8(13)9(17)7(5-16)20-11/h4,7-9,11,16-17H,2-3,5H2,1H3,(H,14,18,19)/t7-,8-,9-,11-/m1/s1. The molecule has 1 aromatic rings. The quantitative estimate of drug-likeness (QED) is 0.472. The first-order valence-electron chi connectivity index (χ1n) is 6.42. The molecule has 8 heteroatoms. The third kappa shape index (κ3) is 2.83. The molecule has 7 nitrogen and oxygen atoms in total. The number of nitrogens with one attached hydrogen (secondary N) is 1. The minimum absolute atomic E-state index is 0.322. The molecule has 1 aliphatic heterocycles. The number of aliphatic hydroxyl groups is 2. The summed E-state index contributed by atoms with van der Waals surface area (Å²) in [5.41, 5.74) is -0.469. The number of aromatic amines is 1. The van der Waals surface area contributed by atoms with E-state index >= 15 is 0 Å². The van der Waals surface area contributed by atoms with Crippen LogP contribution in [0.3, 0.4) is 0 Å². The van der Waals surface area contributed by atoms with Crippen molar-refractivity contribution < 1.29 is 14.9 Å². The first-order valence-corrected chi connectivity index (χ1v) is 7.67. The second kappa shape index (κ2) is 6.37. The molecule has 2 rings (SSSR count). The van der Waals surface area contributed by atoms with Gasteiger partial charge in [-0.2, -0.15) is 0 Å². The highest BCUT2D eigenvalue weighted by molar-refractivity contribution is 14.1. The van der Waals surface area contributed by atoms with Crippen molar-refractivity contribution >= 4 is 22.6 Å². The van der Waals surface area contributed by atoms with Gasteiger partial charge in [0.2, 0.25) is 0 Å². The number of H-pyrrole nitrogens is 1. The van der Waals surface area contributed by atoms with Crippen LogP contribution in [0.25, 0.3) is 0 Å². The summed E-state index contributed by atoms with van der Waals surface area (Å²) >= 11 is 1.98. The molecule has 112 valence electrons. The predicted molar refractivity (Wildman–Crippen MR) is 80.1 cm³/mol. The van der Waals surface area contributed by atoms with Crippen LogP contribution in [0.1, 0.15) is 25.1 Å². The summed E-state index contributed by atoms with van der Waals surface area (Å²) in [6.45, 7) is 1.62. The number of alkyl halides is 1. The maximum Gasteiger partial charge on any atom is 0.330 e. The number of aliphatic hydroxyl groups excluding tert-OH is 2. The fraction of sp³-hybridized carbons (Fsp3) is 0.667. The van der Waals surface area contributed by atoms with Crippen LogP contribution in [0.5, 0.6) is 0 Å². The van der Waals surface area contributed by atoms with E-state index in [-0.39, 0.29) is 10.5 Å². The van der Waals surface area contributed by atoms with Gasteiger partial charge in [-0.25, -0.2) is 4.79 Å². The van der Waals surface area contributed by atoms with E-state index in [4.69, 9.17) is 9.84 Å². The number of halogens is 1. The van der Waals surface area contributed by atoms with Crippen molar-refractivity contribution in [3.63, 3.8) is 0 Å². The van der Waals surface area contributed by atoms with E-state index in [0.29, 0.717) is 12.0 Å². The zero-order valence-corrected chi connectivity index (χ0v) is 13.1. The molecule has 0 radical (unpaired) electrons. The number of nitrogens with zero attached hydrogens (tertiary/aromatic N) is 1. The summed E-state index contributed by atoms with van der Waals surface area (Å²) < 4.78 is 6.40. The highest BCUT2D eigenvalue weighted by atomic mass is 127. The van der Waals surface area contributed by atoms with Crippen molar-refractivity contribution in [1.29, 1.82) is 0 Å². The first-order chi connectivity index (χ1) is 9.49. The number of aryl methyl sites for hydroxylation is 1. The zero-order chi connectivity index (χ0) is 14.9. The summed E-state index contributed by atoms with van der Waals surface area (Å²) in [7, 11) is 0. The maximum absolute atomic E-state index is 11.9. The van der Waals surface area contributed by atoms with Crippen molar-refractivity contribution in [2.24, 2.45) is 0 Å². The molecule has 0 aliphatic carbocycles. The van der Waals surface area contributed by atoms with Crippen molar-refractivity contribution in [2.75, 3.05) is 6.61 Å². The molecule has 3 N–H and O–H groups in total. The summed E-state index contributed by atoms with van der Waals surface area (Å²) in [6, 6.07) is 0. The minimum atomic E-state index is -0.862. The molecular formula is C12H17IN2O5. The molecule has 0 aromatic carbocycles. The number of rotatable bonds is 4. The van der Waals surface area contributed by atoms with Crippen LogP contribution >= 0.6 is 22.6 Å². The normalized spacial score (nSPS) is 29.8. The topological polar surface area (TPSA) is 105 Å². The van der Waals surface area contributed by atoms with Crippen molar-refractivity contribution in [1.82, 2.24) is 9.55 Å². The van der Waals surface area contributed by atoms with Crippen LogP contribution in [-0.4, -0.2) is 42.5 Å². The van der Waals surface area contributed by atoms with E-state index in [1.54, 1.807) is 0 Å². The van der Waals surface area contributed by atoms with E-state index in [0.717, 1.165) is 6.42 Å². The summed E-state index contributed by atoms with van der Waals surface area (Å²) in [4.78, 5) is 25.8. The molecule has 20 heavy (non-hydrogen) atoms. The maximum atomic E-state index is 11.9. The fourth-order valence-electron chi connectivity index (χ4n) is 2.24. The minimum Gasteiger partial charge on any atom is -0.394 e. The van der Waals surface area contributed by atoms with Crippen LogP contribution in [0.15, 0.2) is 15.8 Å². The monoisotopic (exact) mass is 396 g/mol. The van der Waals surface area contributed by atoms with Gasteiger partial charge >= 0.3 is 5.69 Å². The SMILES string of the molecule is CCCc1cn([C@@H]2O[C@H](CO)[C@@H](O)[C@H]2I)c(=O)[nH]c1=O. The third-order valence-electron chi connectivity index (χ3n) is 3.31. The largest absolute Gasteiger partial charge is 0.394 e. The lowest BCUT2D eigenvalue weighted by Gasteiger charge is -2.17. The Morgan fingerprint density at radius 1 is 1.50 bits per heavy atom. The van der Waals surface area contributed by atoms with E-state index in [1.165, 1.54) is 10.8 Å². The summed E-state index contributed by atoms with van der Waals surface area (Å²) in [5, 5.41) is 19.1. The van der Waals surface area contributed by atoms with E-state index < -0.39 is 29.7 Å². The van der Waals surface area contributed by atoms with Crippen LogP contribution < -0.4 is 11.2 Å². The van der Waals surface area contributed by atoms with Gasteiger partial charge in [0.05, 0.1) is 16.6 Å². The van der Waals surface area contributed by atoms with E-state index in [1.807, 2.05) is 29.5 Å². The Morgan fingerprint density at radius 3 is 2.75 bits per heavy atom. The highest BCUT2D eigenvalue weighted by Gasteiger charge is 2.43. The Bertz CT molecular complexity index is 584. The molecule has 1 fully saturated rings. The lowest BCUT2D eigenvalue weighted by molar-refractivity contribution is -0.0456. The van der Waals surface area contributed by atoms with Gasteiger partial charge < -0.3 is 14.9 Å². The van der Waals surface area contributed by atoms with Gasteiger partial charge in [-0.1, -0.05) is 35.9 Å². The van der Waals surface area contributed by atoms with Gasteiger partial charge in [0, 0.05) is 11.8 Å². The Hall–Kier alpha value is -0.710. The van der Waals surface area contributed by atoms with E-state index in [9.17, 15) is 14.7 Å². The van der Waals surface area contributed by atoms with Crippen LogP contribution in [0, 0.1) is 0 Å². The first kappa shape index (κ1) is 15.7. The van der Waals surface area contributed by atoms with Crippen molar-refractivity contribution in [3.8, 4) is 0 Å². The Kier molecular flexibility index (Phi) is 4.99. The lowest BCUT2D eigenvalue weighted by atomic mass is 10.2. The second-order valence-corrected chi connectivity index (χ2v) is 6.19. The summed E-state index contributed by atoms with van der Waals surface area (Å²) in [5.74, 6) is 0. The Morgan fingerprint density at radius 2 is 2.20 bits per heavy atom. The molecule has 0 spiro atoms. The molecule has 1 aromatic heterocycles. The molecule has 0 amide bonds. The fourth-order valence-corrected chi connectivity index (χ4v) is 3.22. The van der Waals surface area contributed by atoms with Crippen LogP contribution in [0.2, 0.25) is 0 Å². The molecule has 0 bridgehead atoms. The Labute approximate surface area is 128 Å². The molecule has 0 saturated carbocycles. The van der Waals surface area contributed by atoms with Gasteiger partial charge in [0.25, 0.3) is 5.56 Å². The number of aromatic nitrogens is 2. The smallest absolute Gasteiger partial charge is 0.330 e. The number of ether oxygens (including phenoxy) is 1. The van der Waals surface area contributed by atoms with Crippen molar-refractivity contribution in [2.45, 2.75) is 42.1 Å². The van der Waals surface area contributed by atoms with Crippen molar-refractivity contribution in [3.05, 3.63) is 32.6 Å². The Balaban J connectivity index is 2.40. The summed E-state index contributed by atoms with van der Waals surface area (Å²) in [6.07, 6.45) is 0.521. The van der Waals surface area contributed by atoms with Gasteiger partial charge in [0.15, 0.2) is 6.23 Å². The van der Waals surface area contributed by atoms with Gasteiger partial charge in [-0.3, -0.25) is 14.3 Å². The molecule has 2 heterocycles. The average Bonchev–Trinajstić information content (AvgIpc) is 2.70. The predicted octanol–water partition coefficient (Wildman–Crippen LogP) is -0.457. The van der Waals surface area contributed by atoms with Crippen LogP contribution in [-0.2, 0) is 11.2 Å². The van der Waals surface area contributed by atoms with E-state index in [2.05, 4.69) is 4.98 Å². The average molecular weight is 396 g/mol. The zero-order valence-electron chi connectivity index (χ0n) is 11.0. The number of hydrogen-bond acceptors (Lipinski definition) is 5. The third-order valence-corrected chi connectivity index (χ3v) is 4.66. The van der Waals surface area contributed by atoms with Crippen LogP contribution in [0.4, 0.5) is 0 Å². The molecule has 1 aliphatic rings. The second-order valence-electron chi connectivity index (χ2n) is 4.75. The molecule has 0 unspecified atom stereocenters. The molecule has 4 atom stereocenters. The van der Waals surface area contributed by atoms with Gasteiger partial charge in [-0.05, 0) is 6.42 Å². The lowest BCUT2D eigenvalue weighted by Crippen LogP contribution is -2.36. The van der Waals surface area contributed by atoms with Gasteiger partial charge in [-0.15, -0.1) is 0 Å². The van der Waals surface area contributed by atoms with Gasteiger partial charge in [0.1, 0.15) is 6.10 Å². The highest BCUT2D eigenvalue weighted by Crippen LogP contribution is 2.33. The molecular weight excluding hydrogens is 379 g/mol.